The Balaban J connectivity index is 1.87. The van der Waals surface area contributed by atoms with Gasteiger partial charge in [-0.25, -0.2) is 15.1 Å². The molecule has 2 N–H and O–H groups in total. The van der Waals surface area contributed by atoms with E-state index in [4.69, 9.17) is 11.6 Å². The van der Waals surface area contributed by atoms with Crippen LogP contribution in [0, 0.1) is 6.92 Å². The number of hydrogen-bond donors (Lipinski definition) is 2. The van der Waals surface area contributed by atoms with Crippen LogP contribution >= 0.6 is 27.5 Å². The molecule has 2 aromatic carbocycles. The first-order valence-corrected chi connectivity index (χ1v) is 10.9. The van der Waals surface area contributed by atoms with Gasteiger partial charge in [0.1, 0.15) is 0 Å². The summed E-state index contributed by atoms with van der Waals surface area (Å²) in [7, 11) is 0. The number of aryl methyl sites for hydroxylation is 1. The van der Waals surface area contributed by atoms with Crippen molar-refractivity contribution in [1.29, 1.82) is 0 Å². The summed E-state index contributed by atoms with van der Waals surface area (Å²) < 4.78 is 47.0. The summed E-state index contributed by atoms with van der Waals surface area (Å²) in [6, 6.07) is 8.58. The van der Waals surface area contributed by atoms with Crippen LogP contribution < -0.4 is 11.1 Å². The molecule has 1 atom stereocenters. The Hall–Kier alpha value is -2.63. The summed E-state index contributed by atoms with van der Waals surface area (Å²) in [5.74, 6) is -1.95. The highest BCUT2D eigenvalue weighted by Crippen LogP contribution is 2.44. The normalized spacial score (nSPS) is 14.0. The van der Waals surface area contributed by atoms with Gasteiger partial charge < -0.3 is 14.5 Å². The van der Waals surface area contributed by atoms with Crippen molar-refractivity contribution >= 4 is 50.0 Å². The van der Waals surface area contributed by atoms with E-state index in [1.54, 1.807) is 13.0 Å². The van der Waals surface area contributed by atoms with Crippen molar-refractivity contribution in [3.05, 3.63) is 67.6 Å². The number of nitrogens with one attached hydrogen (secondary N) is 1. The lowest BCUT2D eigenvalue weighted by Crippen LogP contribution is -2.56. The van der Waals surface area contributed by atoms with Crippen molar-refractivity contribution in [2.24, 2.45) is 0 Å². The highest BCUT2D eigenvalue weighted by Gasteiger charge is 2.63. The maximum absolute atomic E-state index is 13.9. The van der Waals surface area contributed by atoms with Gasteiger partial charge in [0.25, 0.3) is 5.60 Å². The zero-order valence-electron chi connectivity index (χ0n) is 18.1. The molecular formula is C22H19BrClF3N2O5. The number of halogens is 5. The van der Waals surface area contributed by atoms with Gasteiger partial charge in [-0.2, -0.15) is 13.2 Å². The molecule has 1 unspecified atom stereocenters. The fourth-order valence-electron chi connectivity index (χ4n) is 3.54. The molecule has 1 aromatic heterocycles. The molecule has 0 amide bonds. The summed E-state index contributed by atoms with van der Waals surface area (Å²) in [5, 5.41) is 14.8. The highest BCUT2D eigenvalue weighted by molar-refractivity contribution is 9.10. The molecular weight excluding hydrogens is 545 g/mol. The minimum Gasteiger partial charge on any atom is -0.371 e. The van der Waals surface area contributed by atoms with E-state index >= 15 is 0 Å². The number of aliphatic hydroxyl groups is 1. The Kier molecular flexibility index (Phi) is 7.03. The van der Waals surface area contributed by atoms with Gasteiger partial charge in [0, 0.05) is 21.3 Å². The molecule has 0 bridgehead atoms. The molecule has 0 spiro atoms. The Morgan fingerprint density at radius 2 is 1.88 bits per heavy atom. The van der Waals surface area contributed by atoms with Gasteiger partial charge in [0.05, 0.1) is 16.8 Å². The van der Waals surface area contributed by atoms with E-state index in [1.807, 2.05) is 0 Å². The largest absolute Gasteiger partial charge is 0.428 e. The van der Waals surface area contributed by atoms with E-state index in [1.165, 1.54) is 44.2 Å². The average Bonchev–Trinajstić information content (AvgIpc) is 2.73. The van der Waals surface area contributed by atoms with E-state index in [0.29, 0.717) is 21.1 Å². The Bertz CT molecular complexity index is 1310. The number of alkyl halides is 3. The van der Waals surface area contributed by atoms with Gasteiger partial charge in [0.15, 0.2) is 0 Å². The second kappa shape index (κ2) is 9.20. The van der Waals surface area contributed by atoms with E-state index in [-0.39, 0.29) is 16.1 Å². The molecule has 3 rings (SSSR count). The van der Waals surface area contributed by atoms with E-state index < -0.39 is 35.2 Å². The fourth-order valence-corrected chi connectivity index (χ4v) is 4.47. The van der Waals surface area contributed by atoms with Gasteiger partial charge in [-0.05, 0) is 48.2 Å². The van der Waals surface area contributed by atoms with E-state index in [0.717, 1.165) is 0 Å². The Morgan fingerprint density at radius 1 is 1.21 bits per heavy atom. The molecule has 182 valence electrons. The molecule has 0 aliphatic carbocycles. The molecule has 0 saturated carbocycles. The smallest absolute Gasteiger partial charge is 0.371 e. The minimum atomic E-state index is -5.35. The number of aromatic nitrogens is 1. The van der Waals surface area contributed by atoms with Gasteiger partial charge in [0.2, 0.25) is 0 Å². The molecule has 3 aromatic rings. The number of nitrogens with zero attached hydrogens (tertiary/aromatic N) is 1. The summed E-state index contributed by atoms with van der Waals surface area (Å²) in [4.78, 5) is 28.9. The number of benzene rings is 2. The topological polar surface area (TPSA) is 102 Å². The van der Waals surface area contributed by atoms with E-state index in [2.05, 4.69) is 35.9 Å². The van der Waals surface area contributed by atoms with Crippen molar-refractivity contribution in [2.45, 2.75) is 44.4 Å². The molecule has 0 fully saturated rings. The van der Waals surface area contributed by atoms with Gasteiger partial charge in [-0.1, -0.05) is 52.6 Å². The molecule has 34 heavy (non-hydrogen) atoms. The number of hydrogen-bond acceptors (Lipinski definition) is 7. The number of rotatable bonds is 6. The lowest BCUT2D eigenvalue weighted by Gasteiger charge is -2.36. The van der Waals surface area contributed by atoms with E-state index in [9.17, 15) is 27.9 Å². The quantitative estimate of drug-likeness (QED) is 0.385. The first-order chi connectivity index (χ1) is 15.7. The summed E-state index contributed by atoms with van der Waals surface area (Å²) in [6.07, 6.45) is -6.42. The third kappa shape index (κ3) is 5.06. The summed E-state index contributed by atoms with van der Waals surface area (Å²) in [6.45, 7) is 4.40. The van der Waals surface area contributed by atoms with Crippen LogP contribution in [0.25, 0.3) is 10.8 Å². The second-order valence-electron chi connectivity index (χ2n) is 8.35. The Labute approximate surface area is 204 Å². The number of carbonyl (C=O) groups excluding carboxylic acids is 1. The van der Waals surface area contributed by atoms with Crippen molar-refractivity contribution < 1.29 is 32.4 Å². The standard InChI is InChI=1S/C22H19BrClF3N2O5/c1-11-15-9-13(5-6-14(15)18(30)33-28-11)29-34-19(31)21(32,22(25,26)27)10-20(2,3)16-7-4-12(23)8-17(16)24/h4-9,29,32H,10H2,1-3H3. The van der Waals surface area contributed by atoms with Crippen molar-refractivity contribution in [3.8, 4) is 0 Å². The molecule has 0 radical (unpaired) electrons. The molecule has 12 heteroatoms. The number of anilines is 1. The first-order valence-electron chi connectivity index (χ1n) is 9.78. The molecule has 1 heterocycles. The SMILES string of the molecule is Cc1noc(=O)c2ccc(NOC(=O)C(O)(CC(C)(C)c3ccc(Br)cc3Cl)C(F)(F)F)cc12. The fraction of sp³-hybridized carbons (Fsp3) is 0.318. The summed E-state index contributed by atoms with van der Waals surface area (Å²) >= 11 is 9.42. The average molecular weight is 564 g/mol. The number of fused-ring (bicyclic) bond motifs is 1. The van der Waals surface area contributed by atoms with Crippen molar-refractivity contribution in [2.75, 3.05) is 5.48 Å². The lowest BCUT2D eigenvalue weighted by atomic mass is 9.75. The third-order valence-corrected chi connectivity index (χ3v) is 6.13. The maximum Gasteiger partial charge on any atom is 0.428 e. The third-order valence-electron chi connectivity index (χ3n) is 5.32. The van der Waals surface area contributed by atoms with Crippen LogP contribution in [0.1, 0.15) is 31.5 Å². The maximum atomic E-state index is 13.9. The Morgan fingerprint density at radius 3 is 2.50 bits per heavy atom. The highest BCUT2D eigenvalue weighted by atomic mass is 79.9. The molecule has 0 saturated heterocycles. The van der Waals surface area contributed by atoms with Crippen LogP contribution in [0.15, 0.2) is 50.2 Å². The van der Waals surface area contributed by atoms with Crippen LogP contribution in [0.2, 0.25) is 5.02 Å². The van der Waals surface area contributed by atoms with Crippen LogP contribution in [-0.2, 0) is 15.0 Å². The zero-order valence-corrected chi connectivity index (χ0v) is 20.4. The predicted octanol–water partition coefficient (Wildman–Crippen LogP) is 5.44. The molecule has 0 aliphatic heterocycles. The van der Waals surface area contributed by atoms with Crippen molar-refractivity contribution in [1.82, 2.24) is 5.16 Å². The van der Waals surface area contributed by atoms with Gasteiger partial charge in [-0.15, -0.1) is 0 Å². The van der Waals surface area contributed by atoms with Crippen LogP contribution in [-0.4, -0.2) is 28.0 Å². The molecule has 7 nitrogen and oxygen atoms in total. The van der Waals surface area contributed by atoms with Gasteiger partial charge in [-0.3, -0.25) is 0 Å². The molecule has 0 aliphatic rings. The first kappa shape index (κ1) is 26.0. The lowest BCUT2D eigenvalue weighted by molar-refractivity contribution is -0.266. The monoisotopic (exact) mass is 562 g/mol. The van der Waals surface area contributed by atoms with Crippen LogP contribution in [0.3, 0.4) is 0 Å². The summed E-state index contributed by atoms with van der Waals surface area (Å²) in [5.41, 5.74) is -3.13. The van der Waals surface area contributed by atoms with Crippen LogP contribution in [0.5, 0.6) is 0 Å². The zero-order chi connectivity index (χ0) is 25.5. The van der Waals surface area contributed by atoms with Crippen molar-refractivity contribution in [3.63, 3.8) is 0 Å². The minimum absolute atomic E-state index is 0.0519. The van der Waals surface area contributed by atoms with Crippen LogP contribution in [0.4, 0.5) is 18.9 Å². The predicted molar refractivity (Wildman–Crippen MR) is 123 cm³/mol. The number of carbonyl (C=O) groups is 1. The van der Waals surface area contributed by atoms with Gasteiger partial charge >= 0.3 is 17.8 Å². The second-order valence-corrected chi connectivity index (χ2v) is 9.67.